The van der Waals surface area contributed by atoms with E-state index in [2.05, 4.69) is 5.32 Å². The zero-order valence-electron chi connectivity index (χ0n) is 18.1. The van der Waals surface area contributed by atoms with Crippen molar-refractivity contribution in [2.45, 2.75) is 71.6 Å². The van der Waals surface area contributed by atoms with Crippen molar-refractivity contribution in [3.63, 3.8) is 0 Å². The van der Waals surface area contributed by atoms with Gasteiger partial charge in [-0.25, -0.2) is 4.79 Å². The van der Waals surface area contributed by atoms with Crippen molar-refractivity contribution < 1.29 is 14.3 Å². The van der Waals surface area contributed by atoms with Crippen LogP contribution in [0, 0.1) is 11.8 Å². The number of nitrogens with one attached hydrogen (secondary N) is 1. The fraction of sp³-hybridized carbons (Fsp3) is 0.682. The van der Waals surface area contributed by atoms with Gasteiger partial charge in [0.1, 0.15) is 11.6 Å². The van der Waals surface area contributed by atoms with Crippen LogP contribution in [-0.4, -0.2) is 46.2 Å². The Morgan fingerprint density at radius 3 is 2.62 bits per heavy atom. The van der Waals surface area contributed by atoms with Crippen molar-refractivity contribution in [1.82, 2.24) is 14.8 Å². The van der Waals surface area contributed by atoms with Gasteiger partial charge < -0.3 is 19.5 Å². The van der Waals surface area contributed by atoms with Gasteiger partial charge in [0.25, 0.3) is 5.56 Å². The molecule has 1 saturated heterocycles. The number of pyridine rings is 1. The molecular weight excluding hydrogens is 370 g/mol. The Kier molecular flexibility index (Phi) is 6.05. The number of hydrogen-bond donors (Lipinski definition) is 1. The summed E-state index contributed by atoms with van der Waals surface area (Å²) in [7, 11) is 0. The van der Waals surface area contributed by atoms with Crippen molar-refractivity contribution in [3.8, 4) is 0 Å². The molecule has 3 heterocycles. The van der Waals surface area contributed by atoms with Gasteiger partial charge in [0.2, 0.25) is 5.91 Å². The molecule has 0 unspecified atom stereocenters. The molecule has 0 saturated carbocycles. The third-order valence-electron chi connectivity index (χ3n) is 5.94. The molecule has 3 rings (SSSR count). The van der Waals surface area contributed by atoms with Crippen LogP contribution in [0.4, 0.5) is 4.79 Å². The summed E-state index contributed by atoms with van der Waals surface area (Å²) in [6.45, 7) is 11.2. The van der Waals surface area contributed by atoms with E-state index in [1.807, 2.05) is 29.4 Å². The van der Waals surface area contributed by atoms with E-state index in [1.165, 1.54) is 0 Å². The number of hydrogen-bond acceptors (Lipinski definition) is 4. The quantitative estimate of drug-likeness (QED) is 0.838. The van der Waals surface area contributed by atoms with E-state index in [0.717, 1.165) is 18.5 Å². The summed E-state index contributed by atoms with van der Waals surface area (Å²) in [6, 6.07) is 4.76. The lowest BCUT2D eigenvalue weighted by Gasteiger charge is -2.44. The molecule has 29 heavy (non-hydrogen) atoms. The van der Waals surface area contributed by atoms with Gasteiger partial charge in [-0.15, -0.1) is 0 Å². The van der Waals surface area contributed by atoms with Crippen molar-refractivity contribution in [3.05, 3.63) is 34.2 Å². The van der Waals surface area contributed by atoms with Crippen molar-refractivity contribution >= 4 is 12.0 Å². The fourth-order valence-electron chi connectivity index (χ4n) is 4.39. The second kappa shape index (κ2) is 8.20. The van der Waals surface area contributed by atoms with E-state index >= 15 is 0 Å². The minimum absolute atomic E-state index is 0.00769. The van der Waals surface area contributed by atoms with Gasteiger partial charge in [0, 0.05) is 37.3 Å². The standard InChI is InChI=1S/C22H33N3O4/c1-6-14(2)19(23-21(28)29-22(3,4)5)20(27)24-11-15-10-16(13-24)17-8-7-9-18(26)25(17)12-15/h7-9,14-16,19H,6,10-13H2,1-5H3,(H,23,28)/t14-,15+,16-,19-/m0/s1. The smallest absolute Gasteiger partial charge is 0.408 e. The molecule has 1 N–H and O–H groups in total. The first-order chi connectivity index (χ1) is 13.6. The monoisotopic (exact) mass is 403 g/mol. The maximum absolute atomic E-state index is 13.4. The minimum atomic E-state index is -0.619. The van der Waals surface area contributed by atoms with E-state index < -0.39 is 17.7 Å². The summed E-state index contributed by atoms with van der Waals surface area (Å²) in [5, 5.41) is 2.81. The van der Waals surface area contributed by atoms with Gasteiger partial charge in [0.15, 0.2) is 0 Å². The summed E-state index contributed by atoms with van der Waals surface area (Å²) in [5.74, 6) is 0.335. The van der Waals surface area contributed by atoms with Crippen LogP contribution in [0.25, 0.3) is 0 Å². The van der Waals surface area contributed by atoms with Crippen LogP contribution in [0.1, 0.15) is 59.1 Å². The first kappa shape index (κ1) is 21.4. The Balaban J connectivity index is 1.77. The average molecular weight is 404 g/mol. The van der Waals surface area contributed by atoms with Crippen LogP contribution in [0.15, 0.2) is 23.0 Å². The van der Waals surface area contributed by atoms with E-state index in [4.69, 9.17) is 4.74 Å². The largest absolute Gasteiger partial charge is 0.444 e. The first-order valence-electron chi connectivity index (χ1n) is 10.6. The number of carbonyl (C=O) groups excluding carboxylic acids is 2. The number of fused-ring (bicyclic) bond motifs is 4. The molecule has 0 spiro atoms. The Bertz CT molecular complexity index is 826. The number of nitrogens with zero attached hydrogens (tertiary/aromatic N) is 2. The highest BCUT2D eigenvalue weighted by Crippen LogP contribution is 2.35. The second-order valence-electron chi connectivity index (χ2n) is 9.45. The number of aromatic nitrogens is 1. The van der Waals surface area contributed by atoms with Crippen molar-refractivity contribution in [1.29, 1.82) is 0 Å². The highest BCUT2D eigenvalue weighted by Gasteiger charge is 2.39. The Hall–Kier alpha value is -2.31. The number of ether oxygens (including phenoxy) is 1. The van der Waals surface area contributed by atoms with Gasteiger partial charge in [0.05, 0.1) is 0 Å². The maximum atomic E-state index is 13.4. The molecule has 0 radical (unpaired) electrons. The summed E-state index contributed by atoms with van der Waals surface area (Å²) in [5.41, 5.74) is 0.416. The summed E-state index contributed by atoms with van der Waals surface area (Å²) in [6.07, 6.45) is 1.19. The Labute approximate surface area is 172 Å². The van der Waals surface area contributed by atoms with Gasteiger partial charge in [-0.2, -0.15) is 0 Å². The molecular formula is C22H33N3O4. The van der Waals surface area contributed by atoms with Gasteiger partial charge in [-0.3, -0.25) is 9.59 Å². The Morgan fingerprint density at radius 2 is 1.97 bits per heavy atom. The molecule has 2 aliphatic rings. The fourth-order valence-corrected chi connectivity index (χ4v) is 4.39. The van der Waals surface area contributed by atoms with Crippen LogP contribution < -0.4 is 10.9 Å². The van der Waals surface area contributed by atoms with Gasteiger partial charge in [-0.05, 0) is 45.1 Å². The molecule has 0 aromatic carbocycles. The highest BCUT2D eigenvalue weighted by atomic mass is 16.6. The number of piperidine rings is 1. The molecule has 2 amide bonds. The normalized spacial score (nSPS) is 23.0. The van der Waals surface area contributed by atoms with Crippen LogP contribution in [0.2, 0.25) is 0 Å². The van der Waals surface area contributed by atoms with E-state index in [0.29, 0.717) is 19.6 Å². The summed E-state index contributed by atoms with van der Waals surface area (Å²) in [4.78, 5) is 39.8. The number of alkyl carbamates (subject to hydrolysis) is 1. The van der Waals surface area contributed by atoms with Crippen LogP contribution in [0.3, 0.4) is 0 Å². The lowest BCUT2D eigenvalue weighted by Crippen LogP contribution is -2.57. The first-order valence-corrected chi connectivity index (χ1v) is 10.6. The summed E-state index contributed by atoms with van der Waals surface area (Å²) >= 11 is 0. The number of likely N-dealkylation sites (tertiary alicyclic amines) is 1. The van der Waals surface area contributed by atoms with Crippen LogP contribution in [-0.2, 0) is 16.1 Å². The molecule has 160 valence electrons. The topological polar surface area (TPSA) is 80.6 Å². The number of rotatable bonds is 4. The highest BCUT2D eigenvalue weighted by molar-refractivity contribution is 5.86. The van der Waals surface area contributed by atoms with E-state index in [1.54, 1.807) is 32.9 Å². The second-order valence-corrected chi connectivity index (χ2v) is 9.45. The summed E-state index contributed by atoms with van der Waals surface area (Å²) < 4.78 is 7.23. The van der Waals surface area contributed by atoms with E-state index in [-0.39, 0.29) is 29.2 Å². The maximum Gasteiger partial charge on any atom is 0.408 e. The average Bonchev–Trinajstić information content (AvgIpc) is 2.64. The SMILES string of the molecule is CC[C@H](C)[C@H](NC(=O)OC(C)(C)C)C(=O)N1C[C@H]2C[C@@H](C1)c1cccc(=O)n1C2. The molecule has 1 aromatic heterocycles. The van der Waals surface area contributed by atoms with Crippen molar-refractivity contribution in [2.75, 3.05) is 13.1 Å². The molecule has 1 aromatic rings. The van der Waals surface area contributed by atoms with Crippen LogP contribution in [0.5, 0.6) is 0 Å². The predicted octanol–water partition coefficient (Wildman–Crippen LogP) is 2.73. The lowest BCUT2D eigenvalue weighted by atomic mass is 9.82. The molecule has 0 aliphatic carbocycles. The third kappa shape index (κ3) is 4.82. The molecule has 2 aliphatic heterocycles. The molecule has 1 fully saturated rings. The lowest BCUT2D eigenvalue weighted by molar-refractivity contribution is -0.137. The molecule has 4 atom stereocenters. The molecule has 7 heteroatoms. The minimum Gasteiger partial charge on any atom is -0.444 e. The van der Waals surface area contributed by atoms with E-state index in [9.17, 15) is 14.4 Å². The molecule has 2 bridgehead atoms. The van der Waals surface area contributed by atoms with Crippen LogP contribution >= 0.6 is 0 Å². The number of amides is 2. The zero-order chi connectivity index (χ0) is 21.3. The van der Waals surface area contributed by atoms with Gasteiger partial charge in [-0.1, -0.05) is 26.3 Å². The molecule has 7 nitrogen and oxygen atoms in total. The third-order valence-corrected chi connectivity index (χ3v) is 5.94. The Morgan fingerprint density at radius 1 is 1.24 bits per heavy atom. The van der Waals surface area contributed by atoms with Gasteiger partial charge >= 0.3 is 6.09 Å². The number of carbonyl (C=O) groups is 2. The van der Waals surface area contributed by atoms with Crippen molar-refractivity contribution in [2.24, 2.45) is 11.8 Å². The predicted molar refractivity (Wildman–Crippen MR) is 111 cm³/mol. The zero-order valence-corrected chi connectivity index (χ0v) is 18.1.